The van der Waals surface area contributed by atoms with Gasteiger partial charge < -0.3 is 29.4 Å². The molecule has 3 N–H and O–H groups in total. The molecule has 0 amide bonds. The summed E-state index contributed by atoms with van der Waals surface area (Å²) in [5.41, 5.74) is 2.15. The van der Waals surface area contributed by atoms with Crippen molar-refractivity contribution in [3.8, 4) is 28.5 Å². The number of H-pyrrole nitrogens is 1. The van der Waals surface area contributed by atoms with Crippen LogP contribution in [0.4, 0.5) is 0 Å². The van der Waals surface area contributed by atoms with E-state index in [1.807, 2.05) is 12.1 Å². The predicted octanol–water partition coefficient (Wildman–Crippen LogP) is 2.17. The van der Waals surface area contributed by atoms with Crippen molar-refractivity contribution in [2.45, 2.75) is 24.2 Å². The summed E-state index contributed by atoms with van der Waals surface area (Å²) in [6.07, 6.45) is 1.64. The number of benzene rings is 1. The molecule has 180 valence electrons. The van der Waals surface area contributed by atoms with Crippen LogP contribution in [0.15, 0.2) is 58.7 Å². The summed E-state index contributed by atoms with van der Waals surface area (Å²) >= 11 is 0. The van der Waals surface area contributed by atoms with Crippen molar-refractivity contribution < 1.29 is 32.8 Å². The average Bonchev–Trinajstić information content (AvgIpc) is 3.48. The van der Waals surface area contributed by atoms with Gasteiger partial charge in [0.15, 0.2) is 14.9 Å². The van der Waals surface area contributed by atoms with Gasteiger partial charge in [-0.05, 0) is 43.3 Å². The van der Waals surface area contributed by atoms with E-state index in [2.05, 4.69) is 15.0 Å². The van der Waals surface area contributed by atoms with Crippen LogP contribution in [-0.4, -0.2) is 72.7 Å². The minimum Gasteiger partial charge on any atom is -0.488 e. The van der Waals surface area contributed by atoms with E-state index in [1.54, 1.807) is 25.1 Å². The maximum Gasteiger partial charge on any atom is 0.233 e. The first-order valence-electron chi connectivity index (χ1n) is 10.5. The van der Waals surface area contributed by atoms with E-state index in [0.29, 0.717) is 35.4 Å². The number of aromatic nitrogens is 2. The molecular weight excluding hydrogens is 462 g/mol. The molecule has 3 heterocycles. The van der Waals surface area contributed by atoms with Crippen molar-refractivity contribution in [2.24, 2.45) is 4.99 Å². The molecule has 1 aliphatic heterocycles. The van der Waals surface area contributed by atoms with Crippen LogP contribution in [0.3, 0.4) is 0 Å². The first-order chi connectivity index (χ1) is 16.2. The van der Waals surface area contributed by atoms with Crippen LogP contribution in [0.1, 0.15) is 12.6 Å². The number of aliphatic hydroxyl groups excluding tert-OH is 2. The van der Waals surface area contributed by atoms with Crippen LogP contribution in [0.25, 0.3) is 11.3 Å². The van der Waals surface area contributed by atoms with Gasteiger partial charge in [0.25, 0.3) is 0 Å². The fourth-order valence-electron chi connectivity index (χ4n) is 3.26. The first kappa shape index (κ1) is 23.7. The Bertz CT molecular complexity index is 1290. The minimum absolute atomic E-state index is 0.0474. The second kappa shape index (κ2) is 9.84. The van der Waals surface area contributed by atoms with Crippen molar-refractivity contribution in [2.75, 3.05) is 26.0 Å². The zero-order valence-electron chi connectivity index (χ0n) is 18.6. The predicted molar refractivity (Wildman–Crippen MR) is 124 cm³/mol. The number of pyridine rings is 1. The summed E-state index contributed by atoms with van der Waals surface area (Å²) in [6, 6.07) is 11.8. The number of sulfone groups is 1. The van der Waals surface area contributed by atoms with E-state index >= 15 is 0 Å². The number of nitrogens with one attached hydrogen (secondary N) is 1. The summed E-state index contributed by atoms with van der Waals surface area (Å²) in [7, 11) is -3.42. The number of aromatic amines is 1. The smallest absolute Gasteiger partial charge is 0.233 e. The quantitative estimate of drug-likeness (QED) is 0.417. The lowest BCUT2D eigenvalue weighted by atomic mass is 10.1. The van der Waals surface area contributed by atoms with Gasteiger partial charge in [0.2, 0.25) is 5.90 Å². The molecule has 3 aromatic rings. The molecule has 0 radical (unpaired) electrons. The molecule has 0 aliphatic carbocycles. The van der Waals surface area contributed by atoms with Gasteiger partial charge in [0.05, 0.1) is 26.0 Å². The Morgan fingerprint density at radius 2 is 1.88 bits per heavy atom. The van der Waals surface area contributed by atoms with E-state index in [0.717, 1.165) is 17.5 Å². The average molecular weight is 488 g/mol. The van der Waals surface area contributed by atoms with Crippen molar-refractivity contribution in [1.82, 2.24) is 9.97 Å². The largest absolute Gasteiger partial charge is 0.488 e. The van der Waals surface area contributed by atoms with Gasteiger partial charge in [-0.3, -0.25) is 0 Å². The number of hydrogen-bond acceptors (Lipinski definition) is 9. The second-order valence-corrected chi connectivity index (χ2v) is 9.83. The van der Waals surface area contributed by atoms with Crippen molar-refractivity contribution in [3.63, 3.8) is 0 Å². The number of rotatable bonds is 9. The van der Waals surface area contributed by atoms with Crippen LogP contribution < -0.4 is 9.47 Å². The topological polar surface area (TPSA) is 143 Å². The number of aliphatic hydroxyl groups is 2. The molecule has 34 heavy (non-hydrogen) atoms. The molecule has 0 fully saturated rings. The standard InChI is InChI=1S/C23H25N3O7S/c1-14(12-27)31-17-7-15(20-4-5-21(26-20)23-25-11-19(13-28)33-23)8-18(9-17)32-16-3-6-22(24-10-16)34(2,29)30/h3-10,14,19,26-28H,11-13H2,1-2H3/t14-,19+/m0/s1. The highest BCUT2D eigenvalue weighted by Gasteiger charge is 2.21. The van der Waals surface area contributed by atoms with Crippen molar-refractivity contribution in [1.29, 1.82) is 0 Å². The summed E-state index contributed by atoms with van der Waals surface area (Å²) in [6.45, 7) is 1.87. The van der Waals surface area contributed by atoms with Crippen LogP contribution in [0.2, 0.25) is 0 Å². The highest BCUT2D eigenvalue weighted by Crippen LogP contribution is 2.33. The SMILES string of the molecule is C[C@@H](CO)Oc1cc(Oc2ccc(S(C)(=O)=O)nc2)cc(-c2ccc(C3=NC[C@H](CO)O3)[nH]2)c1. The Kier molecular flexibility index (Phi) is 6.87. The fourth-order valence-corrected chi connectivity index (χ4v) is 3.81. The van der Waals surface area contributed by atoms with Gasteiger partial charge in [-0.1, -0.05) is 0 Å². The van der Waals surface area contributed by atoms with Crippen molar-refractivity contribution in [3.05, 3.63) is 54.4 Å². The van der Waals surface area contributed by atoms with Crippen LogP contribution in [0.5, 0.6) is 17.2 Å². The Balaban J connectivity index is 1.63. The van der Waals surface area contributed by atoms with Crippen LogP contribution >= 0.6 is 0 Å². The third kappa shape index (κ3) is 5.56. The molecule has 4 rings (SSSR count). The Hall–Kier alpha value is -3.41. The van der Waals surface area contributed by atoms with E-state index in [1.165, 1.54) is 18.3 Å². The Labute approximate surface area is 196 Å². The molecule has 2 atom stereocenters. The van der Waals surface area contributed by atoms with Crippen LogP contribution in [0, 0.1) is 0 Å². The number of aliphatic imine (C=N–C) groups is 1. The van der Waals surface area contributed by atoms with Gasteiger partial charge >= 0.3 is 0 Å². The molecule has 0 saturated heterocycles. The third-order valence-corrected chi connectivity index (χ3v) is 5.95. The lowest BCUT2D eigenvalue weighted by Gasteiger charge is -2.15. The summed E-state index contributed by atoms with van der Waals surface area (Å²) in [5, 5.41) is 18.6. The first-order valence-corrected chi connectivity index (χ1v) is 12.4. The van der Waals surface area contributed by atoms with Gasteiger partial charge in [0.1, 0.15) is 35.2 Å². The Morgan fingerprint density at radius 3 is 2.53 bits per heavy atom. The maximum absolute atomic E-state index is 11.6. The molecular formula is C23H25N3O7S. The molecule has 2 aromatic heterocycles. The van der Waals surface area contributed by atoms with Crippen molar-refractivity contribution >= 4 is 15.7 Å². The zero-order valence-corrected chi connectivity index (χ0v) is 19.4. The molecule has 11 heteroatoms. The summed E-state index contributed by atoms with van der Waals surface area (Å²) < 4.78 is 40.6. The third-order valence-electron chi connectivity index (χ3n) is 4.95. The van der Waals surface area contributed by atoms with E-state index in [-0.39, 0.29) is 24.3 Å². The molecule has 0 unspecified atom stereocenters. The fraction of sp³-hybridized carbons (Fsp3) is 0.304. The van der Waals surface area contributed by atoms with Gasteiger partial charge in [-0.15, -0.1) is 0 Å². The molecule has 0 bridgehead atoms. The highest BCUT2D eigenvalue weighted by atomic mass is 32.2. The summed E-state index contributed by atoms with van der Waals surface area (Å²) in [4.78, 5) is 11.5. The van der Waals surface area contributed by atoms with E-state index in [9.17, 15) is 18.6 Å². The maximum atomic E-state index is 11.6. The molecule has 1 aromatic carbocycles. The summed E-state index contributed by atoms with van der Waals surface area (Å²) in [5.74, 6) is 1.68. The second-order valence-electron chi connectivity index (χ2n) is 7.86. The minimum atomic E-state index is -3.42. The molecule has 10 nitrogen and oxygen atoms in total. The molecule has 0 spiro atoms. The lowest BCUT2D eigenvalue weighted by molar-refractivity contribution is 0.129. The number of hydrogen-bond donors (Lipinski definition) is 3. The molecule has 1 aliphatic rings. The highest BCUT2D eigenvalue weighted by molar-refractivity contribution is 7.90. The lowest BCUT2D eigenvalue weighted by Crippen LogP contribution is -2.17. The number of nitrogens with zero attached hydrogens (tertiary/aromatic N) is 2. The molecule has 0 saturated carbocycles. The van der Waals surface area contributed by atoms with E-state index < -0.39 is 15.9 Å². The van der Waals surface area contributed by atoms with Gasteiger partial charge in [-0.25, -0.2) is 18.4 Å². The van der Waals surface area contributed by atoms with Crippen LogP contribution in [-0.2, 0) is 14.6 Å². The zero-order chi connectivity index (χ0) is 24.3. The van der Waals surface area contributed by atoms with Gasteiger partial charge in [0, 0.05) is 23.6 Å². The Morgan fingerprint density at radius 1 is 1.12 bits per heavy atom. The van der Waals surface area contributed by atoms with Gasteiger partial charge in [-0.2, -0.15) is 0 Å². The normalized spacial score (nSPS) is 16.6. The monoisotopic (exact) mass is 487 g/mol. The van der Waals surface area contributed by atoms with E-state index in [4.69, 9.17) is 14.2 Å². The number of ether oxygens (including phenoxy) is 3.